The lowest BCUT2D eigenvalue weighted by Crippen LogP contribution is -2.29. The number of rotatable bonds is 6. The summed E-state index contributed by atoms with van der Waals surface area (Å²) in [4.78, 5) is 23.6. The summed E-state index contributed by atoms with van der Waals surface area (Å²) in [5.41, 5.74) is 0.255. The molecule has 5 nitrogen and oxygen atoms in total. The van der Waals surface area contributed by atoms with Gasteiger partial charge in [0.25, 0.3) is 0 Å². The Hall–Kier alpha value is -1.53. The molecular weight excluding hydrogens is 316 g/mol. The van der Waals surface area contributed by atoms with Crippen LogP contribution in [0.15, 0.2) is 30.3 Å². The zero-order valence-electron chi connectivity index (χ0n) is 13.6. The van der Waals surface area contributed by atoms with Gasteiger partial charge in [-0.3, -0.25) is 4.79 Å². The second kappa shape index (κ2) is 8.36. The summed E-state index contributed by atoms with van der Waals surface area (Å²) in [5, 5.41) is 0.0110. The van der Waals surface area contributed by atoms with E-state index < -0.39 is 0 Å². The molecular formula is C17H22O5S. The Morgan fingerprint density at radius 2 is 2.00 bits per heavy atom. The van der Waals surface area contributed by atoms with E-state index in [1.54, 1.807) is 24.3 Å². The van der Waals surface area contributed by atoms with Crippen molar-refractivity contribution in [3.8, 4) is 0 Å². The van der Waals surface area contributed by atoms with Crippen LogP contribution >= 0.6 is 11.8 Å². The Morgan fingerprint density at radius 1 is 1.30 bits per heavy atom. The average Bonchev–Trinajstić information content (AvgIpc) is 2.93. The van der Waals surface area contributed by atoms with Crippen LogP contribution in [-0.2, 0) is 19.0 Å². The summed E-state index contributed by atoms with van der Waals surface area (Å²) >= 11 is 1.53. The van der Waals surface area contributed by atoms with Gasteiger partial charge >= 0.3 is 11.9 Å². The van der Waals surface area contributed by atoms with Crippen LogP contribution in [0, 0.1) is 0 Å². The monoisotopic (exact) mass is 338 g/mol. The van der Waals surface area contributed by atoms with E-state index >= 15 is 0 Å². The van der Waals surface area contributed by atoms with Gasteiger partial charge in [0.05, 0.1) is 25.2 Å². The average molecular weight is 338 g/mol. The van der Waals surface area contributed by atoms with E-state index in [9.17, 15) is 9.59 Å². The first-order valence-corrected chi connectivity index (χ1v) is 8.63. The van der Waals surface area contributed by atoms with E-state index in [0.717, 1.165) is 0 Å². The summed E-state index contributed by atoms with van der Waals surface area (Å²) in [7, 11) is 1.38. The molecule has 1 aliphatic heterocycles. The summed E-state index contributed by atoms with van der Waals surface area (Å²) in [5.74, 6) is -0.612. The normalized spacial score (nSPS) is 24.9. The molecule has 0 spiro atoms. The number of methoxy groups -OCH3 is 1. The van der Waals surface area contributed by atoms with Gasteiger partial charge in [0.15, 0.2) is 0 Å². The molecule has 1 saturated heterocycles. The summed E-state index contributed by atoms with van der Waals surface area (Å²) in [6.07, 6.45) is 0.502. The molecule has 6 heteroatoms. The zero-order chi connectivity index (χ0) is 16.8. The maximum atomic E-state index is 12.2. The minimum absolute atomic E-state index is 0.0110. The van der Waals surface area contributed by atoms with E-state index in [1.807, 2.05) is 19.9 Å². The van der Waals surface area contributed by atoms with Crippen molar-refractivity contribution in [2.45, 2.75) is 49.6 Å². The Morgan fingerprint density at radius 3 is 2.61 bits per heavy atom. The molecule has 2 rings (SSSR count). The predicted octanol–water partition coefficient (Wildman–Crippen LogP) is 3.03. The van der Waals surface area contributed by atoms with Crippen molar-refractivity contribution in [1.82, 2.24) is 0 Å². The Kier molecular flexibility index (Phi) is 6.47. The van der Waals surface area contributed by atoms with E-state index in [0.29, 0.717) is 18.4 Å². The molecule has 0 radical (unpaired) electrons. The van der Waals surface area contributed by atoms with Crippen LogP contribution in [0.4, 0.5) is 0 Å². The molecule has 1 aliphatic rings. The Labute approximate surface area is 140 Å². The van der Waals surface area contributed by atoms with Crippen molar-refractivity contribution in [2.75, 3.05) is 7.11 Å². The summed E-state index contributed by atoms with van der Waals surface area (Å²) < 4.78 is 16.2. The second-order valence-electron chi connectivity index (χ2n) is 5.38. The van der Waals surface area contributed by atoms with Crippen LogP contribution in [0.3, 0.4) is 0 Å². The van der Waals surface area contributed by atoms with Crippen molar-refractivity contribution >= 4 is 23.7 Å². The number of carbonyl (C=O) groups is 2. The maximum Gasteiger partial charge on any atom is 0.338 e. The fraction of sp³-hybridized carbons (Fsp3) is 0.529. The second-order valence-corrected chi connectivity index (χ2v) is 6.72. The molecule has 0 saturated carbocycles. The molecule has 0 aliphatic carbocycles. The minimum atomic E-state index is -0.356. The number of benzene rings is 1. The standard InChI is InChI=1S/C17H22O5S/c1-4-13(22-16(19)12-8-6-5-7-9-12)17-21-11(2)14(23-17)10-15(18)20-3/h5-9,11,13-14,17H,4,10H2,1-3H3/t11-,13-,14-,17-/m0/s1. The van der Waals surface area contributed by atoms with Gasteiger partial charge in [0.1, 0.15) is 11.5 Å². The molecule has 0 amide bonds. The largest absolute Gasteiger partial charge is 0.469 e. The van der Waals surface area contributed by atoms with Gasteiger partial charge in [-0.1, -0.05) is 25.1 Å². The van der Waals surface area contributed by atoms with Gasteiger partial charge in [0, 0.05) is 5.25 Å². The molecule has 1 heterocycles. The fourth-order valence-corrected chi connectivity index (χ4v) is 3.89. The maximum absolute atomic E-state index is 12.2. The van der Waals surface area contributed by atoms with Crippen LogP contribution in [-0.4, -0.2) is 41.9 Å². The molecule has 0 unspecified atom stereocenters. The predicted molar refractivity (Wildman–Crippen MR) is 88.3 cm³/mol. The number of hydrogen-bond donors (Lipinski definition) is 0. The van der Waals surface area contributed by atoms with Crippen molar-refractivity contribution in [1.29, 1.82) is 0 Å². The molecule has 1 aromatic carbocycles. The van der Waals surface area contributed by atoms with E-state index in [-0.39, 0.29) is 34.8 Å². The molecule has 23 heavy (non-hydrogen) atoms. The van der Waals surface area contributed by atoms with Crippen LogP contribution in [0.2, 0.25) is 0 Å². The molecule has 1 fully saturated rings. The quantitative estimate of drug-likeness (QED) is 0.743. The molecule has 126 valence electrons. The van der Waals surface area contributed by atoms with Gasteiger partial charge in [-0.25, -0.2) is 4.79 Å². The van der Waals surface area contributed by atoms with E-state index in [4.69, 9.17) is 14.2 Å². The van der Waals surface area contributed by atoms with Crippen molar-refractivity contribution < 1.29 is 23.8 Å². The molecule has 1 aromatic rings. The van der Waals surface area contributed by atoms with Crippen molar-refractivity contribution in [2.24, 2.45) is 0 Å². The third-order valence-corrected chi connectivity index (χ3v) is 5.33. The number of thioether (sulfide) groups is 1. The molecule has 0 aromatic heterocycles. The van der Waals surface area contributed by atoms with Crippen molar-refractivity contribution in [3.05, 3.63) is 35.9 Å². The van der Waals surface area contributed by atoms with Crippen LogP contribution in [0.1, 0.15) is 37.0 Å². The van der Waals surface area contributed by atoms with Gasteiger partial charge in [-0.2, -0.15) is 0 Å². The third kappa shape index (κ3) is 4.72. The number of carbonyl (C=O) groups excluding carboxylic acids is 2. The smallest absolute Gasteiger partial charge is 0.338 e. The van der Waals surface area contributed by atoms with Crippen LogP contribution in [0.25, 0.3) is 0 Å². The Bertz CT molecular complexity index is 533. The first-order valence-electron chi connectivity index (χ1n) is 7.69. The Balaban J connectivity index is 1.96. The molecule has 0 bridgehead atoms. The lowest BCUT2D eigenvalue weighted by atomic mass is 10.2. The number of hydrogen-bond acceptors (Lipinski definition) is 6. The highest BCUT2D eigenvalue weighted by atomic mass is 32.2. The lowest BCUT2D eigenvalue weighted by molar-refractivity contribution is -0.141. The highest BCUT2D eigenvalue weighted by Crippen LogP contribution is 2.38. The zero-order valence-corrected chi connectivity index (χ0v) is 14.4. The minimum Gasteiger partial charge on any atom is -0.469 e. The van der Waals surface area contributed by atoms with Gasteiger partial charge in [-0.15, -0.1) is 11.8 Å². The van der Waals surface area contributed by atoms with Gasteiger partial charge in [-0.05, 0) is 25.5 Å². The molecule has 4 atom stereocenters. The van der Waals surface area contributed by atoms with Crippen molar-refractivity contribution in [3.63, 3.8) is 0 Å². The SMILES string of the molecule is CC[C@H](OC(=O)c1ccccc1)[C@H]1O[C@@H](C)[C@H](CC(=O)OC)S1. The fourth-order valence-electron chi connectivity index (χ4n) is 2.36. The number of ether oxygens (including phenoxy) is 3. The van der Waals surface area contributed by atoms with Crippen LogP contribution in [0.5, 0.6) is 0 Å². The van der Waals surface area contributed by atoms with Gasteiger partial charge < -0.3 is 14.2 Å². The highest BCUT2D eigenvalue weighted by molar-refractivity contribution is 8.00. The first-order chi connectivity index (χ1) is 11.0. The first kappa shape index (κ1) is 17.8. The van der Waals surface area contributed by atoms with E-state index in [2.05, 4.69) is 0 Å². The van der Waals surface area contributed by atoms with E-state index in [1.165, 1.54) is 18.9 Å². The highest BCUT2D eigenvalue weighted by Gasteiger charge is 2.39. The number of esters is 2. The topological polar surface area (TPSA) is 61.8 Å². The summed E-state index contributed by atoms with van der Waals surface area (Å²) in [6.45, 7) is 3.87. The summed E-state index contributed by atoms with van der Waals surface area (Å²) in [6, 6.07) is 8.89. The lowest BCUT2D eigenvalue weighted by Gasteiger charge is -2.21. The van der Waals surface area contributed by atoms with Crippen LogP contribution < -0.4 is 0 Å². The third-order valence-electron chi connectivity index (χ3n) is 3.75. The molecule has 0 N–H and O–H groups in total. The van der Waals surface area contributed by atoms with Gasteiger partial charge in [0.2, 0.25) is 0 Å².